The number of nitriles is 1. The minimum absolute atomic E-state index is 0.218. The van der Waals surface area contributed by atoms with Gasteiger partial charge in [-0.05, 0) is 37.5 Å². The number of rotatable bonds is 3. The predicted octanol–water partition coefficient (Wildman–Crippen LogP) is 4.53. The van der Waals surface area contributed by atoms with Crippen molar-refractivity contribution < 1.29 is 0 Å². The van der Waals surface area contributed by atoms with Crippen molar-refractivity contribution in [2.45, 2.75) is 19.8 Å². The number of aryl methyl sites for hydroxylation is 1. The first-order valence-electron chi connectivity index (χ1n) is 10.3. The second-order valence-electron chi connectivity index (χ2n) is 8.36. The number of imidazole rings is 1. The van der Waals surface area contributed by atoms with Gasteiger partial charge in [-0.1, -0.05) is 30.3 Å². The highest BCUT2D eigenvalue weighted by atomic mass is 15.2. The molecule has 0 spiro atoms. The van der Waals surface area contributed by atoms with E-state index in [9.17, 15) is 5.26 Å². The van der Waals surface area contributed by atoms with Crippen molar-refractivity contribution in [3.63, 3.8) is 0 Å². The van der Waals surface area contributed by atoms with Crippen LogP contribution in [0.4, 0.5) is 5.82 Å². The fourth-order valence-corrected chi connectivity index (χ4v) is 4.21. The molecule has 5 rings (SSSR count). The summed E-state index contributed by atoms with van der Waals surface area (Å²) in [5, 5.41) is 13.7. The molecule has 1 aliphatic heterocycles. The van der Waals surface area contributed by atoms with Crippen LogP contribution in [0.25, 0.3) is 28.0 Å². The summed E-state index contributed by atoms with van der Waals surface area (Å²) in [6, 6.07) is 17.3. The molecule has 0 radical (unpaired) electrons. The van der Waals surface area contributed by atoms with Gasteiger partial charge in [0.2, 0.25) is 0 Å². The van der Waals surface area contributed by atoms with E-state index in [1.54, 1.807) is 0 Å². The fourth-order valence-electron chi connectivity index (χ4n) is 4.21. The van der Waals surface area contributed by atoms with Gasteiger partial charge >= 0.3 is 0 Å². The lowest BCUT2D eigenvalue weighted by atomic mass is 9.82. The van der Waals surface area contributed by atoms with Crippen molar-refractivity contribution >= 4 is 11.5 Å². The number of benzene rings is 1. The van der Waals surface area contributed by atoms with Crippen LogP contribution in [-0.2, 0) is 7.05 Å². The van der Waals surface area contributed by atoms with E-state index in [1.807, 2.05) is 36.4 Å². The Labute approximate surface area is 176 Å². The van der Waals surface area contributed by atoms with Crippen LogP contribution in [0.15, 0.2) is 61.1 Å². The number of anilines is 1. The maximum Gasteiger partial charge on any atom is 0.138 e. The molecular formula is C24H24N6. The van der Waals surface area contributed by atoms with E-state index in [4.69, 9.17) is 0 Å². The van der Waals surface area contributed by atoms with Gasteiger partial charge in [0, 0.05) is 37.5 Å². The molecule has 3 aromatic heterocycles. The molecule has 0 saturated carbocycles. The minimum atomic E-state index is -0.218. The highest BCUT2D eigenvalue weighted by Gasteiger charge is 2.30. The van der Waals surface area contributed by atoms with Gasteiger partial charge in [0.1, 0.15) is 11.5 Å². The van der Waals surface area contributed by atoms with E-state index in [0.29, 0.717) is 0 Å². The van der Waals surface area contributed by atoms with Crippen molar-refractivity contribution in [1.29, 1.82) is 5.26 Å². The number of piperidine rings is 1. The summed E-state index contributed by atoms with van der Waals surface area (Å²) >= 11 is 0. The molecule has 0 N–H and O–H groups in total. The molecule has 1 saturated heterocycles. The number of pyridine rings is 1. The Morgan fingerprint density at radius 2 is 1.70 bits per heavy atom. The van der Waals surface area contributed by atoms with Crippen LogP contribution in [0.2, 0.25) is 0 Å². The molecule has 4 aromatic rings. The van der Waals surface area contributed by atoms with Gasteiger partial charge in [-0.3, -0.25) is 9.08 Å². The van der Waals surface area contributed by atoms with Crippen LogP contribution in [0.3, 0.4) is 0 Å². The zero-order chi connectivity index (χ0) is 20.7. The van der Waals surface area contributed by atoms with Crippen molar-refractivity contribution in [3.8, 4) is 28.5 Å². The van der Waals surface area contributed by atoms with E-state index < -0.39 is 0 Å². The third-order valence-electron chi connectivity index (χ3n) is 6.19. The Morgan fingerprint density at radius 1 is 0.967 bits per heavy atom. The largest absolute Gasteiger partial charge is 0.358 e. The average molecular weight is 396 g/mol. The molecule has 0 amide bonds. The molecule has 4 heterocycles. The van der Waals surface area contributed by atoms with Crippen LogP contribution < -0.4 is 4.90 Å². The lowest BCUT2D eigenvalue weighted by Crippen LogP contribution is -2.38. The quantitative estimate of drug-likeness (QED) is 0.510. The van der Waals surface area contributed by atoms with Gasteiger partial charge < -0.3 is 4.90 Å². The normalized spacial score (nSPS) is 16.0. The number of nitrogens with zero attached hydrogens (tertiary/aromatic N) is 6. The number of hydrogen-bond acceptors (Lipinski definition) is 4. The highest BCUT2D eigenvalue weighted by molar-refractivity contribution is 5.71. The highest BCUT2D eigenvalue weighted by Crippen LogP contribution is 2.34. The molecule has 1 fully saturated rings. The van der Waals surface area contributed by atoms with Gasteiger partial charge in [0.25, 0.3) is 0 Å². The lowest BCUT2D eigenvalue weighted by Gasteiger charge is -2.36. The summed E-state index contributed by atoms with van der Waals surface area (Å²) in [5.74, 6) is 1.14. The second-order valence-corrected chi connectivity index (χ2v) is 8.36. The Kier molecular flexibility index (Phi) is 4.32. The fraction of sp³-hybridized carbons (Fsp3) is 0.292. The molecule has 0 bridgehead atoms. The summed E-state index contributed by atoms with van der Waals surface area (Å²) in [6.07, 6.45) is 7.61. The molecule has 1 aliphatic rings. The number of hydrogen-bond donors (Lipinski definition) is 0. The Bertz CT molecular complexity index is 1230. The van der Waals surface area contributed by atoms with Crippen LogP contribution in [0.1, 0.15) is 19.8 Å². The maximum absolute atomic E-state index is 9.46. The smallest absolute Gasteiger partial charge is 0.138 e. The van der Waals surface area contributed by atoms with Gasteiger partial charge in [0.05, 0.1) is 29.6 Å². The topological polar surface area (TPSA) is 62.2 Å². The first-order valence-corrected chi connectivity index (χ1v) is 10.3. The SMILES string of the molecule is Cn1cc(-c2ccc(-c3cnc4cccc(N5CCC(C)(C#N)CC5)n34)cc2)cn1. The Morgan fingerprint density at radius 3 is 2.37 bits per heavy atom. The van der Waals surface area contributed by atoms with Crippen molar-refractivity contribution in [2.24, 2.45) is 12.5 Å². The van der Waals surface area contributed by atoms with Gasteiger partial charge in [-0.25, -0.2) is 4.98 Å². The first kappa shape index (κ1) is 18.4. The van der Waals surface area contributed by atoms with E-state index in [-0.39, 0.29) is 5.41 Å². The first-order chi connectivity index (χ1) is 14.6. The zero-order valence-electron chi connectivity index (χ0n) is 17.3. The average Bonchev–Trinajstić information content (AvgIpc) is 3.41. The molecule has 150 valence electrons. The monoisotopic (exact) mass is 396 g/mol. The predicted molar refractivity (Wildman–Crippen MR) is 118 cm³/mol. The molecule has 0 aliphatic carbocycles. The molecule has 6 heteroatoms. The van der Waals surface area contributed by atoms with Crippen LogP contribution >= 0.6 is 0 Å². The minimum Gasteiger partial charge on any atom is -0.358 e. The van der Waals surface area contributed by atoms with E-state index in [1.165, 1.54) is 0 Å². The third kappa shape index (κ3) is 3.13. The van der Waals surface area contributed by atoms with Crippen LogP contribution in [0, 0.1) is 16.7 Å². The summed E-state index contributed by atoms with van der Waals surface area (Å²) in [4.78, 5) is 7.03. The van der Waals surface area contributed by atoms with Crippen LogP contribution in [0.5, 0.6) is 0 Å². The number of fused-ring (bicyclic) bond motifs is 1. The van der Waals surface area contributed by atoms with Crippen molar-refractivity contribution in [2.75, 3.05) is 18.0 Å². The number of aromatic nitrogens is 4. The van der Waals surface area contributed by atoms with Gasteiger partial charge in [-0.2, -0.15) is 10.4 Å². The lowest BCUT2D eigenvalue weighted by molar-refractivity contribution is 0.336. The Balaban J connectivity index is 1.51. The van der Waals surface area contributed by atoms with E-state index in [0.717, 1.165) is 59.8 Å². The molecule has 6 nitrogen and oxygen atoms in total. The summed E-state index contributed by atoms with van der Waals surface area (Å²) < 4.78 is 4.05. The summed E-state index contributed by atoms with van der Waals surface area (Å²) in [7, 11) is 1.93. The summed E-state index contributed by atoms with van der Waals surface area (Å²) in [5.41, 5.74) is 5.18. The standard InChI is InChI=1S/C24H24N6/c1-24(17-25)10-12-29(13-11-24)23-5-3-4-22-26-15-21(30(22)23)19-8-6-18(7-9-19)20-14-27-28(2)16-20/h3-9,14-16H,10-13H2,1-2H3. The second kappa shape index (κ2) is 7.03. The third-order valence-corrected chi connectivity index (χ3v) is 6.19. The van der Waals surface area contributed by atoms with E-state index >= 15 is 0 Å². The van der Waals surface area contributed by atoms with Crippen LogP contribution in [-0.4, -0.2) is 32.3 Å². The molecular weight excluding hydrogens is 372 g/mol. The van der Waals surface area contributed by atoms with Crippen molar-refractivity contribution in [3.05, 3.63) is 61.1 Å². The zero-order valence-corrected chi connectivity index (χ0v) is 17.3. The van der Waals surface area contributed by atoms with E-state index in [2.05, 4.69) is 68.8 Å². The molecule has 30 heavy (non-hydrogen) atoms. The van der Waals surface area contributed by atoms with Crippen molar-refractivity contribution in [1.82, 2.24) is 19.2 Å². The Hall–Kier alpha value is -3.59. The van der Waals surface area contributed by atoms with Gasteiger partial charge in [-0.15, -0.1) is 0 Å². The molecule has 0 atom stereocenters. The molecule has 1 aromatic carbocycles. The van der Waals surface area contributed by atoms with Gasteiger partial charge in [0.15, 0.2) is 0 Å². The maximum atomic E-state index is 9.46. The summed E-state index contributed by atoms with van der Waals surface area (Å²) in [6.45, 7) is 3.82. The molecule has 0 unspecified atom stereocenters.